The van der Waals surface area contributed by atoms with E-state index in [0.717, 1.165) is 26.1 Å². The Bertz CT molecular complexity index is 402. The summed E-state index contributed by atoms with van der Waals surface area (Å²) in [5, 5.41) is 0. The minimum atomic E-state index is -0.359. The van der Waals surface area contributed by atoms with E-state index in [2.05, 4.69) is 4.90 Å². The van der Waals surface area contributed by atoms with Crippen molar-refractivity contribution in [2.75, 3.05) is 19.6 Å². The summed E-state index contributed by atoms with van der Waals surface area (Å²) in [5.41, 5.74) is 5.54. The van der Waals surface area contributed by atoms with E-state index >= 15 is 0 Å². The molecule has 3 aliphatic rings. The van der Waals surface area contributed by atoms with E-state index in [1.165, 1.54) is 32.1 Å². The van der Waals surface area contributed by atoms with E-state index in [4.69, 9.17) is 5.73 Å². The van der Waals surface area contributed by atoms with Crippen LogP contribution in [0.5, 0.6) is 0 Å². The molecule has 2 atom stereocenters. The van der Waals surface area contributed by atoms with E-state index in [1.807, 2.05) is 11.3 Å². The molecule has 117 valence electrons. The van der Waals surface area contributed by atoms with Crippen molar-refractivity contribution in [2.45, 2.75) is 57.0 Å². The molecular formula is C16H26N3O2. The fraction of sp³-hybridized carbons (Fsp3) is 0.812. The lowest BCUT2D eigenvalue weighted by Gasteiger charge is -2.38. The lowest BCUT2D eigenvalue weighted by Crippen LogP contribution is -2.55. The number of hydrogen-bond acceptors (Lipinski definition) is 3. The summed E-state index contributed by atoms with van der Waals surface area (Å²) in [6, 6.07) is -0.521. The Balaban J connectivity index is 1.68. The summed E-state index contributed by atoms with van der Waals surface area (Å²) in [5.74, 6) is 0.487. The second-order valence-electron chi connectivity index (χ2n) is 6.71. The second kappa shape index (κ2) is 6.34. The first-order valence-electron chi connectivity index (χ1n) is 8.34. The standard InChI is InChI=1S/C16H26N3O2/c17-15(20)13-7-8-14(16(21)18-9-4-10-18)19(13)11-12-5-2-1-3-6-12/h7,12-14H,1-6,8-11H2,(H2,17,20)/t13?,14-/m0/s1. The molecule has 1 unspecified atom stereocenters. The Kier molecular flexibility index (Phi) is 4.48. The van der Waals surface area contributed by atoms with Crippen LogP contribution in [0, 0.1) is 12.3 Å². The van der Waals surface area contributed by atoms with Gasteiger partial charge in [0.05, 0.1) is 12.1 Å². The van der Waals surface area contributed by atoms with Gasteiger partial charge in [0.15, 0.2) is 0 Å². The van der Waals surface area contributed by atoms with Gasteiger partial charge in [-0.05, 0) is 38.0 Å². The van der Waals surface area contributed by atoms with Crippen molar-refractivity contribution in [3.63, 3.8) is 0 Å². The Morgan fingerprint density at radius 2 is 1.81 bits per heavy atom. The molecule has 1 saturated carbocycles. The minimum absolute atomic E-state index is 0.162. The average molecular weight is 292 g/mol. The van der Waals surface area contributed by atoms with Gasteiger partial charge in [-0.25, -0.2) is 0 Å². The molecule has 0 aromatic heterocycles. The average Bonchev–Trinajstić information content (AvgIpc) is 2.81. The molecule has 0 aromatic carbocycles. The van der Waals surface area contributed by atoms with Crippen LogP contribution in [0.15, 0.2) is 0 Å². The highest BCUT2D eigenvalue weighted by Crippen LogP contribution is 2.31. The number of nitrogens with two attached hydrogens (primary N) is 1. The van der Waals surface area contributed by atoms with Crippen LogP contribution in [0.3, 0.4) is 0 Å². The molecule has 2 amide bonds. The maximum Gasteiger partial charge on any atom is 0.239 e. The molecule has 2 saturated heterocycles. The van der Waals surface area contributed by atoms with Crippen LogP contribution >= 0.6 is 0 Å². The molecule has 1 radical (unpaired) electrons. The van der Waals surface area contributed by atoms with Crippen LogP contribution in [0.2, 0.25) is 0 Å². The highest BCUT2D eigenvalue weighted by atomic mass is 16.2. The summed E-state index contributed by atoms with van der Waals surface area (Å²) in [6.07, 6.45) is 9.99. The van der Waals surface area contributed by atoms with Crippen molar-refractivity contribution in [3.8, 4) is 0 Å². The summed E-state index contributed by atoms with van der Waals surface area (Å²) in [4.78, 5) is 28.3. The van der Waals surface area contributed by atoms with Crippen molar-refractivity contribution in [3.05, 3.63) is 6.42 Å². The molecule has 3 rings (SSSR count). The van der Waals surface area contributed by atoms with Gasteiger partial charge in [0.1, 0.15) is 0 Å². The molecule has 1 aliphatic carbocycles. The fourth-order valence-electron chi connectivity index (χ4n) is 3.90. The molecule has 0 spiro atoms. The molecule has 0 aromatic rings. The Hall–Kier alpha value is -1.10. The van der Waals surface area contributed by atoms with Crippen LogP contribution < -0.4 is 5.73 Å². The van der Waals surface area contributed by atoms with Crippen LogP contribution in [0.4, 0.5) is 0 Å². The van der Waals surface area contributed by atoms with E-state index in [-0.39, 0.29) is 23.9 Å². The molecule has 2 N–H and O–H groups in total. The minimum Gasteiger partial charge on any atom is -0.368 e. The van der Waals surface area contributed by atoms with Crippen molar-refractivity contribution in [1.29, 1.82) is 0 Å². The lowest BCUT2D eigenvalue weighted by molar-refractivity contribution is -0.140. The first-order valence-corrected chi connectivity index (χ1v) is 8.34. The maximum atomic E-state index is 12.6. The SMILES string of the molecule is NC(=O)C1[CH]C[C@@H](C(=O)N2CCC2)N1CC1CCCCC1. The van der Waals surface area contributed by atoms with Gasteiger partial charge in [0.25, 0.3) is 0 Å². The van der Waals surface area contributed by atoms with Gasteiger partial charge in [-0.1, -0.05) is 19.3 Å². The number of carbonyl (C=O) groups excluding carboxylic acids is 2. The molecule has 21 heavy (non-hydrogen) atoms. The predicted octanol–water partition coefficient (Wildman–Crippen LogP) is 0.931. The molecule has 0 bridgehead atoms. The summed E-state index contributed by atoms with van der Waals surface area (Å²) in [7, 11) is 0. The molecule has 5 nitrogen and oxygen atoms in total. The molecular weight excluding hydrogens is 266 g/mol. The summed E-state index contributed by atoms with van der Waals surface area (Å²) >= 11 is 0. The zero-order valence-electron chi connectivity index (χ0n) is 12.7. The van der Waals surface area contributed by atoms with E-state index in [9.17, 15) is 9.59 Å². The van der Waals surface area contributed by atoms with Gasteiger partial charge >= 0.3 is 0 Å². The van der Waals surface area contributed by atoms with Crippen molar-refractivity contribution >= 4 is 11.8 Å². The monoisotopic (exact) mass is 292 g/mol. The van der Waals surface area contributed by atoms with Gasteiger partial charge in [-0.3, -0.25) is 14.5 Å². The topological polar surface area (TPSA) is 66.6 Å². The number of hydrogen-bond donors (Lipinski definition) is 1. The van der Waals surface area contributed by atoms with Gasteiger partial charge in [0.2, 0.25) is 11.8 Å². The normalized spacial score (nSPS) is 31.1. The van der Waals surface area contributed by atoms with Crippen molar-refractivity contribution < 1.29 is 9.59 Å². The molecule has 3 fully saturated rings. The van der Waals surface area contributed by atoms with Gasteiger partial charge in [-0.15, -0.1) is 0 Å². The quantitative estimate of drug-likeness (QED) is 0.838. The third-order valence-electron chi connectivity index (χ3n) is 5.28. The van der Waals surface area contributed by atoms with E-state index in [1.54, 1.807) is 0 Å². The highest BCUT2D eigenvalue weighted by molar-refractivity contribution is 5.87. The number of rotatable bonds is 4. The third-order valence-corrected chi connectivity index (χ3v) is 5.28. The Labute approximate surface area is 126 Å². The first-order chi connectivity index (χ1) is 10.2. The second-order valence-corrected chi connectivity index (χ2v) is 6.71. The molecule has 5 heteroatoms. The van der Waals surface area contributed by atoms with Crippen molar-refractivity contribution in [2.24, 2.45) is 11.7 Å². The number of primary amides is 1. The molecule has 2 aliphatic heterocycles. The van der Waals surface area contributed by atoms with Gasteiger partial charge in [0, 0.05) is 19.6 Å². The van der Waals surface area contributed by atoms with Crippen LogP contribution in [0.25, 0.3) is 0 Å². The number of likely N-dealkylation sites (tertiary alicyclic amines) is 2. The van der Waals surface area contributed by atoms with Crippen LogP contribution in [-0.2, 0) is 9.59 Å². The zero-order valence-corrected chi connectivity index (χ0v) is 12.7. The highest BCUT2D eigenvalue weighted by Gasteiger charge is 2.43. The summed E-state index contributed by atoms with van der Waals surface area (Å²) < 4.78 is 0. The lowest BCUT2D eigenvalue weighted by atomic mass is 9.88. The smallest absolute Gasteiger partial charge is 0.239 e. The maximum absolute atomic E-state index is 12.6. The van der Waals surface area contributed by atoms with Gasteiger partial charge in [-0.2, -0.15) is 0 Å². The van der Waals surface area contributed by atoms with E-state index in [0.29, 0.717) is 12.3 Å². The van der Waals surface area contributed by atoms with E-state index < -0.39 is 0 Å². The largest absolute Gasteiger partial charge is 0.368 e. The van der Waals surface area contributed by atoms with Crippen LogP contribution in [0.1, 0.15) is 44.9 Å². The zero-order chi connectivity index (χ0) is 14.8. The molecule has 2 heterocycles. The number of carbonyl (C=O) groups is 2. The Morgan fingerprint density at radius 3 is 2.38 bits per heavy atom. The number of nitrogens with zero attached hydrogens (tertiary/aromatic N) is 2. The van der Waals surface area contributed by atoms with Gasteiger partial charge < -0.3 is 10.6 Å². The summed E-state index contributed by atoms with van der Waals surface area (Å²) in [6.45, 7) is 2.58. The van der Waals surface area contributed by atoms with Crippen LogP contribution in [-0.4, -0.2) is 53.3 Å². The fourth-order valence-corrected chi connectivity index (χ4v) is 3.90. The predicted molar refractivity (Wildman–Crippen MR) is 80.2 cm³/mol. The Morgan fingerprint density at radius 1 is 1.10 bits per heavy atom. The van der Waals surface area contributed by atoms with Crippen molar-refractivity contribution in [1.82, 2.24) is 9.80 Å². The third kappa shape index (κ3) is 3.07. The number of amides is 2. The first kappa shape index (κ1) is 14.8.